The summed E-state index contributed by atoms with van der Waals surface area (Å²) in [7, 11) is 0. The average Bonchev–Trinajstić information content (AvgIpc) is 2.60. The van der Waals surface area contributed by atoms with Crippen LogP contribution in [0.1, 0.15) is 36.5 Å². The van der Waals surface area contributed by atoms with E-state index < -0.39 is 12.6 Å². The van der Waals surface area contributed by atoms with E-state index in [9.17, 15) is 14.4 Å². The number of amides is 2. The minimum atomic E-state index is -1.09. The molecular weight excluding hydrogens is 340 g/mol. The fourth-order valence-corrected chi connectivity index (χ4v) is 2.98. The number of hydrogen-bond acceptors (Lipinski definition) is 5. The van der Waals surface area contributed by atoms with Crippen LogP contribution in [-0.2, 0) is 9.59 Å². The first-order valence-electron chi connectivity index (χ1n) is 8.59. The van der Waals surface area contributed by atoms with Crippen molar-refractivity contribution in [3.05, 3.63) is 23.8 Å². The molecule has 1 heterocycles. The fraction of sp³-hybridized carbons (Fsp3) is 0.500. The number of carbonyl (C=O) groups excluding carboxylic acids is 2. The van der Waals surface area contributed by atoms with Crippen LogP contribution in [-0.4, -0.2) is 54.1 Å². The Bertz CT molecular complexity index is 668. The number of hydrogen-bond donors (Lipinski definition) is 2. The smallest absolute Gasteiger partial charge is 0.341 e. The zero-order valence-corrected chi connectivity index (χ0v) is 14.8. The number of carboxylic acids is 1. The first-order chi connectivity index (χ1) is 12.4. The SMILES string of the molecule is CCOc1cc(C(=O)N2CCC(CC(N)=O)CC2)ccc1OCC(=O)O. The van der Waals surface area contributed by atoms with Crippen LogP contribution in [0.25, 0.3) is 0 Å². The van der Waals surface area contributed by atoms with E-state index in [0.29, 0.717) is 37.4 Å². The minimum Gasteiger partial charge on any atom is -0.490 e. The molecule has 8 heteroatoms. The molecule has 1 fully saturated rings. The molecule has 2 amide bonds. The van der Waals surface area contributed by atoms with Crippen molar-refractivity contribution in [2.75, 3.05) is 26.3 Å². The standard InChI is InChI=1S/C18H24N2O6/c1-2-25-15-10-13(3-4-14(15)26-11-17(22)23)18(24)20-7-5-12(6-8-20)9-16(19)21/h3-4,10,12H,2,5-9,11H2,1H3,(H2,19,21)(H,22,23). The van der Waals surface area contributed by atoms with Crippen molar-refractivity contribution in [3.63, 3.8) is 0 Å². The highest BCUT2D eigenvalue weighted by atomic mass is 16.5. The second-order valence-electron chi connectivity index (χ2n) is 6.18. The van der Waals surface area contributed by atoms with Gasteiger partial charge in [-0.2, -0.15) is 0 Å². The number of ether oxygens (including phenoxy) is 2. The molecule has 0 spiro atoms. The molecule has 1 aromatic carbocycles. The quantitative estimate of drug-likeness (QED) is 0.717. The zero-order chi connectivity index (χ0) is 19.1. The molecule has 8 nitrogen and oxygen atoms in total. The van der Waals surface area contributed by atoms with Gasteiger partial charge in [0.15, 0.2) is 18.1 Å². The first-order valence-corrected chi connectivity index (χ1v) is 8.59. The van der Waals surface area contributed by atoms with E-state index in [2.05, 4.69) is 0 Å². The Balaban J connectivity index is 2.05. The summed E-state index contributed by atoms with van der Waals surface area (Å²) in [6.07, 6.45) is 1.84. The number of carboxylic acid groups (broad SMARTS) is 1. The van der Waals surface area contributed by atoms with Gasteiger partial charge in [-0.25, -0.2) is 4.79 Å². The topological polar surface area (TPSA) is 119 Å². The van der Waals surface area contributed by atoms with Crippen molar-refractivity contribution in [2.45, 2.75) is 26.2 Å². The highest BCUT2D eigenvalue weighted by Gasteiger charge is 2.25. The van der Waals surface area contributed by atoms with Crippen LogP contribution in [0.4, 0.5) is 0 Å². The summed E-state index contributed by atoms with van der Waals surface area (Å²) in [5, 5.41) is 8.73. The van der Waals surface area contributed by atoms with Gasteiger partial charge in [0.1, 0.15) is 0 Å². The number of nitrogens with two attached hydrogens (primary N) is 1. The molecule has 1 aliphatic rings. The van der Waals surface area contributed by atoms with Gasteiger partial charge in [-0.15, -0.1) is 0 Å². The minimum absolute atomic E-state index is 0.131. The third-order valence-electron chi connectivity index (χ3n) is 4.23. The molecule has 0 aliphatic carbocycles. The number of rotatable bonds is 8. The fourth-order valence-electron chi connectivity index (χ4n) is 2.98. The Morgan fingerprint density at radius 2 is 1.88 bits per heavy atom. The maximum Gasteiger partial charge on any atom is 0.341 e. The van der Waals surface area contributed by atoms with Crippen LogP contribution in [0.2, 0.25) is 0 Å². The normalized spacial score (nSPS) is 14.7. The molecular formula is C18H24N2O6. The van der Waals surface area contributed by atoms with Crippen molar-refractivity contribution >= 4 is 17.8 Å². The van der Waals surface area contributed by atoms with E-state index >= 15 is 0 Å². The number of carbonyl (C=O) groups is 3. The average molecular weight is 364 g/mol. The summed E-state index contributed by atoms with van der Waals surface area (Å²) in [5.41, 5.74) is 5.68. The van der Waals surface area contributed by atoms with Gasteiger partial charge in [-0.05, 0) is 43.9 Å². The summed E-state index contributed by atoms with van der Waals surface area (Å²) >= 11 is 0. The van der Waals surface area contributed by atoms with E-state index in [0.717, 1.165) is 12.8 Å². The molecule has 0 bridgehead atoms. The Hall–Kier alpha value is -2.77. The molecule has 0 radical (unpaired) electrons. The lowest BCUT2D eigenvalue weighted by atomic mass is 9.93. The van der Waals surface area contributed by atoms with Crippen molar-refractivity contribution in [1.29, 1.82) is 0 Å². The van der Waals surface area contributed by atoms with Crippen LogP contribution < -0.4 is 15.2 Å². The van der Waals surface area contributed by atoms with Crippen molar-refractivity contribution in [3.8, 4) is 11.5 Å². The summed E-state index contributed by atoms with van der Waals surface area (Å²) in [5.74, 6) is -0.690. The van der Waals surface area contributed by atoms with Gasteiger partial charge in [0, 0.05) is 25.1 Å². The number of primary amides is 1. The third kappa shape index (κ3) is 5.37. The summed E-state index contributed by atoms with van der Waals surface area (Å²) in [6.45, 7) is 2.80. The van der Waals surface area contributed by atoms with E-state index in [1.165, 1.54) is 0 Å². The Kier molecular flexibility index (Phi) is 6.82. The number of benzene rings is 1. The van der Waals surface area contributed by atoms with Crippen molar-refractivity contribution in [2.24, 2.45) is 11.7 Å². The molecule has 2 rings (SSSR count). The zero-order valence-electron chi connectivity index (χ0n) is 14.8. The second kappa shape index (κ2) is 9.07. The van der Waals surface area contributed by atoms with Crippen LogP contribution in [0.15, 0.2) is 18.2 Å². The van der Waals surface area contributed by atoms with Crippen LogP contribution in [0, 0.1) is 5.92 Å². The Morgan fingerprint density at radius 1 is 1.19 bits per heavy atom. The van der Waals surface area contributed by atoms with Crippen molar-refractivity contribution in [1.82, 2.24) is 4.90 Å². The van der Waals surface area contributed by atoms with E-state index in [1.807, 2.05) is 0 Å². The molecule has 26 heavy (non-hydrogen) atoms. The molecule has 1 aliphatic heterocycles. The lowest BCUT2D eigenvalue weighted by Gasteiger charge is -2.31. The van der Waals surface area contributed by atoms with E-state index in [4.69, 9.17) is 20.3 Å². The summed E-state index contributed by atoms with van der Waals surface area (Å²) in [6, 6.07) is 4.71. The number of likely N-dealkylation sites (tertiary alicyclic amines) is 1. The maximum atomic E-state index is 12.7. The third-order valence-corrected chi connectivity index (χ3v) is 4.23. The van der Waals surface area contributed by atoms with Gasteiger partial charge in [0.05, 0.1) is 6.61 Å². The van der Waals surface area contributed by atoms with E-state index in [1.54, 1.807) is 30.0 Å². The van der Waals surface area contributed by atoms with Gasteiger partial charge in [-0.1, -0.05) is 0 Å². The summed E-state index contributed by atoms with van der Waals surface area (Å²) < 4.78 is 10.7. The van der Waals surface area contributed by atoms with Gasteiger partial charge >= 0.3 is 5.97 Å². The Morgan fingerprint density at radius 3 is 2.46 bits per heavy atom. The number of nitrogens with zero attached hydrogens (tertiary/aromatic N) is 1. The van der Waals surface area contributed by atoms with E-state index in [-0.39, 0.29) is 23.5 Å². The Labute approximate surface area is 151 Å². The highest BCUT2D eigenvalue weighted by molar-refractivity contribution is 5.95. The molecule has 1 saturated heterocycles. The van der Waals surface area contributed by atoms with Crippen LogP contribution in [0.5, 0.6) is 11.5 Å². The summed E-state index contributed by atoms with van der Waals surface area (Å²) in [4.78, 5) is 36.1. The van der Waals surface area contributed by atoms with Crippen LogP contribution >= 0.6 is 0 Å². The highest BCUT2D eigenvalue weighted by Crippen LogP contribution is 2.30. The monoisotopic (exact) mass is 364 g/mol. The number of piperidine rings is 1. The molecule has 3 N–H and O–H groups in total. The predicted molar refractivity (Wildman–Crippen MR) is 93.2 cm³/mol. The molecule has 0 aromatic heterocycles. The molecule has 1 aromatic rings. The molecule has 142 valence electrons. The molecule has 0 saturated carbocycles. The van der Waals surface area contributed by atoms with Crippen molar-refractivity contribution < 1.29 is 29.0 Å². The maximum absolute atomic E-state index is 12.7. The van der Waals surface area contributed by atoms with Gasteiger partial charge in [0.25, 0.3) is 5.91 Å². The lowest BCUT2D eigenvalue weighted by Crippen LogP contribution is -2.39. The van der Waals surface area contributed by atoms with Gasteiger partial charge < -0.3 is 25.2 Å². The largest absolute Gasteiger partial charge is 0.490 e. The number of aliphatic carboxylic acids is 1. The van der Waals surface area contributed by atoms with Gasteiger partial charge in [-0.3, -0.25) is 9.59 Å². The second-order valence-corrected chi connectivity index (χ2v) is 6.18. The molecule has 0 unspecified atom stereocenters. The van der Waals surface area contributed by atoms with Gasteiger partial charge in [0.2, 0.25) is 5.91 Å². The molecule has 0 atom stereocenters. The van der Waals surface area contributed by atoms with Crippen LogP contribution in [0.3, 0.4) is 0 Å². The first kappa shape index (κ1) is 19.6. The predicted octanol–water partition coefficient (Wildman–Crippen LogP) is 1.28. The lowest BCUT2D eigenvalue weighted by molar-refractivity contribution is -0.139.